The molecule has 0 N–H and O–H groups in total. The van der Waals surface area contributed by atoms with Crippen molar-refractivity contribution in [3.05, 3.63) is 30.1 Å². The van der Waals surface area contributed by atoms with Crippen molar-refractivity contribution in [2.45, 2.75) is 20.3 Å². The number of hydrogen-bond acceptors (Lipinski definition) is 3. The first-order chi connectivity index (χ1) is 7.97. The van der Waals surface area contributed by atoms with Crippen LogP contribution in [0, 0.1) is 16.7 Å². The number of carbonyl (C=O) groups excluding carboxylic acids is 1. The Bertz CT molecular complexity index is 420. The first-order valence-corrected chi connectivity index (χ1v) is 5.54. The van der Waals surface area contributed by atoms with E-state index in [1.165, 1.54) is 0 Å². The van der Waals surface area contributed by atoms with Crippen LogP contribution in [0.5, 0.6) is 0 Å². The predicted octanol–water partition coefficient (Wildman–Crippen LogP) is 1.63. The molecule has 0 fully saturated rings. The molecule has 0 unspecified atom stereocenters. The first-order valence-electron chi connectivity index (χ1n) is 5.54. The van der Waals surface area contributed by atoms with Crippen LogP contribution in [0.2, 0.25) is 0 Å². The van der Waals surface area contributed by atoms with E-state index in [9.17, 15) is 4.79 Å². The molecule has 1 aromatic heterocycles. The average molecular weight is 231 g/mol. The molecule has 1 amide bonds. The van der Waals surface area contributed by atoms with E-state index in [1.807, 2.05) is 24.3 Å². The summed E-state index contributed by atoms with van der Waals surface area (Å²) in [5.41, 5.74) is -0.0132. The summed E-state index contributed by atoms with van der Waals surface area (Å²) in [5, 5.41) is 8.89. The topological polar surface area (TPSA) is 57.0 Å². The van der Waals surface area contributed by atoms with Crippen molar-refractivity contribution >= 4 is 5.91 Å². The van der Waals surface area contributed by atoms with Gasteiger partial charge < -0.3 is 4.90 Å². The predicted molar refractivity (Wildman–Crippen MR) is 65.0 cm³/mol. The fraction of sp³-hybridized carbons (Fsp3) is 0.462. The molecule has 0 saturated carbocycles. The molecule has 1 heterocycles. The maximum Gasteiger partial charge on any atom is 0.242 e. The van der Waals surface area contributed by atoms with Gasteiger partial charge in [0.15, 0.2) is 0 Å². The standard InChI is InChI=1S/C13H17N3O/c1-13(2,10-14)12(17)16(3)9-7-11-6-4-5-8-15-11/h4-6,8H,7,9H2,1-3H3. The van der Waals surface area contributed by atoms with Crippen LogP contribution in [0.15, 0.2) is 24.4 Å². The van der Waals surface area contributed by atoms with Crippen LogP contribution in [0.1, 0.15) is 19.5 Å². The van der Waals surface area contributed by atoms with E-state index in [1.54, 1.807) is 32.0 Å². The molecule has 0 aliphatic heterocycles. The summed E-state index contributed by atoms with van der Waals surface area (Å²) in [7, 11) is 1.71. The van der Waals surface area contributed by atoms with Gasteiger partial charge in [-0.3, -0.25) is 9.78 Å². The van der Waals surface area contributed by atoms with Crippen LogP contribution < -0.4 is 0 Å². The van der Waals surface area contributed by atoms with Gasteiger partial charge in [-0.2, -0.15) is 5.26 Å². The Kier molecular flexibility index (Phi) is 4.22. The molecule has 0 radical (unpaired) electrons. The molecule has 4 heteroatoms. The summed E-state index contributed by atoms with van der Waals surface area (Å²) < 4.78 is 0. The zero-order chi connectivity index (χ0) is 12.9. The Morgan fingerprint density at radius 3 is 2.76 bits per heavy atom. The van der Waals surface area contributed by atoms with Gasteiger partial charge in [-0.15, -0.1) is 0 Å². The molecular weight excluding hydrogens is 214 g/mol. The highest BCUT2D eigenvalue weighted by molar-refractivity contribution is 5.84. The fourth-order valence-electron chi connectivity index (χ4n) is 1.45. The van der Waals surface area contributed by atoms with Crippen LogP contribution in [0.3, 0.4) is 0 Å². The van der Waals surface area contributed by atoms with Crippen LogP contribution in [-0.4, -0.2) is 29.4 Å². The summed E-state index contributed by atoms with van der Waals surface area (Å²) in [6, 6.07) is 7.72. The molecule has 0 saturated heterocycles. The van der Waals surface area contributed by atoms with Crippen molar-refractivity contribution < 1.29 is 4.79 Å². The number of nitrogens with zero attached hydrogens (tertiary/aromatic N) is 3. The van der Waals surface area contributed by atoms with Crippen LogP contribution in [-0.2, 0) is 11.2 Å². The second kappa shape index (κ2) is 5.44. The largest absolute Gasteiger partial charge is 0.344 e. The molecule has 1 rings (SSSR count). The van der Waals surface area contributed by atoms with Crippen molar-refractivity contribution in [1.82, 2.24) is 9.88 Å². The molecule has 1 aromatic rings. The molecule has 4 nitrogen and oxygen atoms in total. The maximum absolute atomic E-state index is 11.9. The first kappa shape index (κ1) is 13.2. The molecule has 90 valence electrons. The molecule has 0 bridgehead atoms. The van der Waals surface area contributed by atoms with Crippen molar-refractivity contribution in [3.8, 4) is 6.07 Å². The van der Waals surface area contributed by atoms with Gasteiger partial charge in [-0.05, 0) is 26.0 Å². The van der Waals surface area contributed by atoms with E-state index in [4.69, 9.17) is 5.26 Å². The Hall–Kier alpha value is -1.89. The van der Waals surface area contributed by atoms with E-state index < -0.39 is 5.41 Å². The van der Waals surface area contributed by atoms with Crippen LogP contribution in [0.25, 0.3) is 0 Å². The SMILES string of the molecule is CN(CCc1ccccn1)C(=O)C(C)(C)C#N. The van der Waals surface area contributed by atoms with Gasteiger partial charge in [0, 0.05) is 31.9 Å². The molecule has 0 aromatic carbocycles. The number of aromatic nitrogens is 1. The summed E-state index contributed by atoms with van der Waals surface area (Å²) in [6.45, 7) is 3.83. The van der Waals surface area contributed by atoms with Crippen molar-refractivity contribution in [3.63, 3.8) is 0 Å². The van der Waals surface area contributed by atoms with E-state index >= 15 is 0 Å². The van der Waals surface area contributed by atoms with Gasteiger partial charge in [-0.1, -0.05) is 6.07 Å². The van der Waals surface area contributed by atoms with Crippen LogP contribution >= 0.6 is 0 Å². The quantitative estimate of drug-likeness (QED) is 0.791. The summed E-state index contributed by atoms with van der Waals surface area (Å²) in [4.78, 5) is 17.7. The molecule has 0 spiro atoms. The minimum Gasteiger partial charge on any atom is -0.344 e. The Balaban J connectivity index is 2.54. The number of likely N-dealkylation sites (N-methyl/N-ethyl adjacent to an activating group) is 1. The molecule has 0 atom stereocenters. The van der Waals surface area contributed by atoms with Gasteiger partial charge in [-0.25, -0.2) is 0 Å². The number of nitriles is 1. The highest BCUT2D eigenvalue weighted by atomic mass is 16.2. The average Bonchev–Trinajstić information content (AvgIpc) is 2.36. The minimum absolute atomic E-state index is 0.157. The maximum atomic E-state index is 11.9. The third kappa shape index (κ3) is 3.56. The van der Waals surface area contributed by atoms with Gasteiger partial charge >= 0.3 is 0 Å². The third-order valence-electron chi connectivity index (χ3n) is 2.59. The normalized spacial score (nSPS) is 10.7. The lowest BCUT2D eigenvalue weighted by Gasteiger charge is -2.23. The number of amides is 1. The van der Waals surface area contributed by atoms with Gasteiger partial charge in [0.05, 0.1) is 6.07 Å². The van der Waals surface area contributed by atoms with Crippen molar-refractivity contribution in [1.29, 1.82) is 5.26 Å². The molecule has 0 aliphatic carbocycles. The second-order valence-corrected chi connectivity index (χ2v) is 4.53. The molecule has 0 aliphatic rings. The summed E-state index contributed by atoms with van der Waals surface area (Å²) in [6.07, 6.45) is 2.43. The number of rotatable bonds is 4. The highest BCUT2D eigenvalue weighted by Gasteiger charge is 2.29. The van der Waals surface area contributed by atoms with E-state index in [0.29, 0.717) is 13.0 Å². The Morgan fingerprint density at radius 2 is 2.24 bits per heavy atom. The van der Waals surface area contributed by atoms with E-state index in [0.717, 1.165) is 5.69 Å². The van der Waals surface area contributed by atoms with Gasteiger partial charge in [0.1, 0.15) is 5.41 Å². The van der Waals surface area contributed by atoms with E-state index in [-0.39, 0.29) is 5.91 Å². The fourth-order valence-corrected chi connectivity index (χ4v) is 1.45. The smallest absolute Gasteiger partial charge is 0.242 e. The minimum atomic E-state index is -0.959. The van der Waals surface area contributed by atoms with Crippen molar-refractivity contribution in [2.24, 2.45) is 5.41 Å². The summed E-state index contributed by atoms with van der Waals surface area (Å²) in [5.74, 6) is -0.157. The molecule has 17 heavy (non-hydrogen) atoms. The van der Waals surface area contributed by atoms with Gasteiger partial charge in [0.2, 0.25) is 5.91 Å². The zero-order valence-corrected chi connectivity index (χ0v) is 10.5. The lowest BCUT2D eigenvalue weighted by molar-refractivity contribution is -0.136. The lowest BCUT2D eigenvalue weighted by atomic mass is 9.94. The van der Waals surface area contributed by atoms with Crippen molar-refractivity contribution in [2.75, 3.05) is 13.6 Å². The third-order valence-corrected chi connectivity index (χ3v) is 2.59. The summed E-state index contributed by atoms with van der Waals surface area (Å²) >= 11 is 0. The number of pyridine rings is 1. The Morgan fingerprint density at radius 1 is 1.53 bits per heavy atom. The number of carbonyl (C=O) groups is 1. The van der Waals surface area contributed by atoms with Crippen LogP contribution in [0.4, 0.5) is 0 Å². The molecular formula is C13H17N3O. The lowest BCUT2D eigenvalue weighted by Crippen LogP contribution is -2.38. The zero-order valence-electron chi connectivity index (χ0n) is 10.5. The number of hydrogen-bond donors (Lipinski definition) is 0. The van der Waals surface area contributed by atoms with E-state index in [2.05, 4.69) is 4.98 Å². The Labute approximate surface area is 102 Å². The second-order valence-electron chi connectivity index (χ2n) is 4.53. The monoisotopic (exact) mass is 231 g/mol. The highest BCUT2D eigenvalue weighted by Crippen LogP contribution is 2.16. The van der Waals surface area contributed by atoms with Gasteiger partial charge in [0.25, 0.3) is 0 Å².